The Morgan fingerprint density at radius 1 is 1.14 bits per heavy atom. The summed E-state index contributed by atoms with van der Waals surface area (Å²) in [6.07, 6.45) is 3.80. The molecule has 1 aromatic carbocycles. The Bertz CT molecular complexity index is 407. The Morgan fingerprint density at radius 2 is 1.86 bits per heavy atom. The number of aryl methyl sites for hydroxylation is 1. The molecular weight excluding hydrogens is 256 g/mol. The van der Waals surface area contributed by atoms with E-state index in [4.69, 9.17) is 0 Å². The lowest BCUT2D eigenvalue weighted by Crippen LogP contribution is -2.59. The maximum Gasteiger partial charge on any atom is 0.0269 e. The highest BCUT2D eigenvalue weighted by atomic mass is 15.2. The summed E-state index contributed by atoms with van der Waals surface area (Å²) in [7, 11) is 0. The molecule has 2 atom stereocenters. The van der Waals surface area contributed by atoms with Crippen molar-refractivity contribution in [2.24, 2.45) is 5.41 Å². The third-order valence-corrected chi connectivity index (χ3v) is 4.61. The molecule has 1 heterocycles. The Morgan fingerprint density at radius 3 is 2.52 bits per heavy atom. The lowest BCUT2D eigenvalue weighted by Gasteiger charge is -2.46. The monoisotopic (exact) mass is 288 g/mol. The molecule has 1 saturated heterocycles. The van der Waals surface area contributed by atoms with Gasteiger partial charge >= 0.3 is 0 Å². The number of rotatable bonds is 5. The first kappa shape index (κ1) is 16.5. The molecule has 1 N–H and O–H groups in total. The maximum atomic E-state index is 3.64. The highest BCUT2D eigenvalue weighted by molar-refractivity contribution is 5.14. The summed E-state index contributed by atoms with van der Waals surface area (Å²) in [5.74, 6) is 0. The van der Waals surface area contributed by atoms with Gasteiger partial charge in [0.05, 0.1) is 0 Å². The molecule has 2 nitrogen and oxygen atoms in total. The van der Waals surface area contributed by atoms with Gasteiger partial charge in [-0.15, -0.1) is 0 Å². The van der Waals surface area contributed by atoms with Crippen LogP contribution in [0.1, 0.15) is 46.1 Å². The molecule has 0 radical (unpaired) electrons. The lowest BCUT2D eigenvalue weighted by atomic mass is 9.84. The van der Waals surface area contributed by atoms with Crippen molar-refractivity contribution in [2.75, 3.05) is 19.6 Å². The zero-order valence-electron chi connectivity index (χ0n) is 14.2. The van der Waals surface area contributed by atoms with Gasteiger partial charge in [-0.2, -0.15) is 0 Å². The summed E-state index contributed by atoms with van der Waals surface area (Å²) in [4.78, 5) is 2.71. The van der Waals surface area contributed by atoms with Crippen LogP contribution in [0.5, 0.6) is 0 Å². The van der Waals surface area contributed by atoms with Crippen molar-refractivity contribution in [2.45, 2.75) is 59.0 Å². The minimum atomic E-state index is 0.354. The molecule has 0 amide bonds. The normalized spacial score (nSPS) is 24.2. The van der Waals surface area contributed by atoms with Gasteiger partial charge in [0, 0.05) is 25.2 Å². The van der Waals surface area contributed by atoms with E-state index >= 15 is 0 Å². The Balaban J connectivity index is 1.79. The van der Waals surface area contributed by atoms with E-state index in [-0.39, 0.29) is 0 Å². The molecule has 2 rings (SSSR count). The second-order valence-corrected chi connectivity index (χ2v) is 7.63. The number of hydrogen-bond acceptors (Lipinski definition) is 2. The van der Waals surface area contributed by atoms with Crippen molar-refractivity contribution in [3.05, 3.63) is 35.9 Å². The highest BCUT2D eigenvalue weighted by Gasteiger charge is 2.33. The summed E-state index contributed by atoms with van der Waals surface area (Å²) in [5.41, 5.74) is 1.82. The smallest absolute Gasteiger partial charge is 0.0269 e. The summed E-state index contributed by atoms with van der Waals surface area (Å²) in [6, 6.07) is 12.1. The van der Waals surface area contributed by atoms with Gasteiger partial charge in [0.25, 0.3) is 0 Å². The van der Waals surface area contributed by atoms with Crippen molar-refractivity contribution in [3.8, 4) is 0 Å². The van der Waals surface area contributed by atoms with Crippen LogP contribution < -0.4 is 5.32 Å². The van der Waals surface area contributed by atoms with E-state index in [1.54, 1.807) is 0 Å². The minimum absolute atomic E-state index is 0.354. The first-order chi connectivity index (χ1) is 9.97. The number of hydrogen-bond donors (Lipinski definition) is 1. The van der Waals surface area contributed by atoms with Gasteiger partial charge in [0.1, 0.15) is 0 Å². The van der Waals surface area contributed by atoms with Crippen LogP contribution in [0.4, 0.5) is 0 Å². The largest absolute Gasteiger partial charge is 0.311 e. The third-order valence-electron chi connectivity index (χ3n) is 4.61. The Labute approximate surface area is 130 Å². The van der Waals surface area contributed by atoms with Crippen LogP contribution in [0, 0.1) is 5.41 Å². The van der Waals surface area contributed by atoms with Crippen molar-refractivity contribution in [1.29, 1.82) is 0 Å². The molecule has 1 fully saturated rings. The van der Waals surface area contributed by atoms with Crippen molar-refractivity contribution < 1.29 is 0 Å². The third kappa shape index (κ3) is 5.12. The summed E-state index contributed by atoms with van der Waals surface area (Å²) >= 11 is 0. The van der Waals surface area contributed by atoms with Crippen LogP contribution in [-0.4, -0.2) is 36.6 Å². The molecule has 1 aromatic rings. The van der Waals surface area contributed by atoms with Crippen LogP contribution in [-0.2, 0) is 6.42 Å². The number of nitrogens with one attached hydrogen (secondary N) is 1. The molecule has 0 aromatic heterocycles. The van der Waals surface area contributed by atoms with Gasteiger partial charge in [-0.1, -0.05) is 51.1 Å². The van der Waals surface area contributed by atoms with Crippen molar-refractivity contribution >= 4 is 0 Å². The SMILES string of the molecule is CC1CN(CCCCc2ccccc2)C(C(C)(C)C)CN1. The minimum Gasteiger partial charge on any atom is -0.311 e. The van der Waals surface area contributed by atoms with Gasteiger partial charge in [-0.05, 0) is 43.7 Å². The van der Waals surface area contributed by atoms with Crippen LogP contribution in [0.3, 0.4) is 0 Å². The second kappa shape index (κ2) is 7.42. The van der Waals surface area contributed by atoms with E-state index in [1.165, 1.54) is 37.9 Å². The molecule has 2 heteroatoms. The van der Waals surface area contributed by atoms with Crippen LogP contribution >= 0.6 is 0 Å². The highest BCUT2D eigenvalue weighted by Crippen LogP contribution is 2.26. The lowest BCUT2D eigenvalue weighted by molar-refractivity contribution is 0.0577. The molecule has 0 aliphatic carbocycles. The molecule has 1 aliphatic rings. The fourth-order valence-electron chi connectivity index (χ4n) is 3.38. The van der Waals surface area contributed by atoms with Crippen LogP contribution in [0.25, 0.3) is 0 Å². The van der Waals surface area contributed by atoms with Crippen molar-refractivity contribution in [1.82, 2.24) is 10.2 Å². The molecule has 0 saturated carbocycles. The van der Waals surface area contributed by atoms with Crippen LogP contribution in [0.15, 0.2) is 30.3 Å². The Kier molecular flexibility index (Phi) is 5.83. The van der Waals surface area contributed by atoms with E-state index in [0.29, 0.717) is 17.5 Å². The predicted octanol–water partition coefficient (Wildman–Crippen LogP) is 3.72. The fraction of sp³-hybridized carbons (Fsp3) is 0.684. The molecule has 118 valence electrons. The zero-order valence-corrected chi connectivity index (χ0v) is 14.2. The van der Waals surface area contributed by atoms with Gasteiger partial charge < -0.3 is 5.32 Å². The zero-order chi connectivity index (χ0) is 15.3. The molecule has 21 heavy (non-hydrogen) atoms. The second-order valence-electron chi connectivity index (χ2n) is 7.63. The number of piperazine rings is 1. The number of nitrogens with zero attached hydrogens (tertiary/aromatic N) is 1. The average Bonchev–Trinajstić information content (AvgIpc) is 2.43. The molecule has 0 spiro atoms. The van der Waals surface area contributed by atoms with Gasteiger partial charge in [0.2, 0.25) is 0 Å². The van der Waals surface area contributed by atoms with E-state index in [9.17, 15) is 0 Å². The van der Waals surface area contributed by atoms with Crippen molar-refractivity contribution in [3.63, 3.8) is 0 Å². The number of benzene rings is 1. The first-order valence-electron chi connectivity index (χ1n) is 8.48. The predicted molar refractivity (Wildman–Crippen MR) is 91.7 cm³/mol. The topological polar surface area (TPSA) is 15.3 Å². The molecule has 0 bridgehead atoms. The Hall–Kier alpha value is -0.860. The summed E-state index contributed by atoms with van der Waals surface area (Å²) in [6.45, 7) is 13.0. The van der Waals surface area contributed by atoms with Gasteiger partial charge in [-0.3, -0.25) is 4.90 Å². The quantitative estimate of drug-likeness (QED) is 0.831. The first-order valence-corrected chi connectivity index (χ1v) is 8.48. The van der Waals surface area contributed by atoms with Gasteiger partial charge in [0.15, 0.2) is 0 Å². The summed E-state index contributed by atoms with van der Waals surface area (Å²) < 4.78 is 0. The van der Waals surface area contributed by atoms with E-state index in [2.05, 4.69) is 68.2 Å². The molecule has 2 unspecified atom stereocenters. The molecular formula is C19H32N2. The molecule has 1 aliphatic heterocycles. The van der Waals surface area contributed by atoms with E-state index in [0.717, 1.165) is 6.54 Å². The summed E-state index contributed by atoms with van der Waals surface area (Å²) in [5, 5.41) is 3.64. The fourth-order valence-corrected chi connectivity index (χ4v) is 3.38. The average molecular weight is 288 g/mol. The van der Waals surface area contributed by atoms with Gasteiger partial charge in [-0.25, -0.2) is 0 Å². The van der Waals surface area contributed by atoms with Crippen LogP contribution in [0.2, 0.25) is 0 Å². The van der Waals surface area contributed by atoms with E-state index in [1.807, 2.05) is 0 Å². The van der Waals surface area contributed by atoms with E-state index < -0.39 is 0 Å². The standard InChI is InChI=1S/C19H32N2/c1-16-15-21(18(14-20-16)19(2,3)4)13-9-8-12-17-10-6-5-7-11-17/h5-7,10-11,16,18,20H,8-9,12-15H2,1-4H3. The number of unbranched alkanes of at least 4 members (excludes halogenated alkanes) is 1. The maximum absolute atomic E-state index is 3.64.